The van der Waals surface area contributed by atoms with E-state index in [4.69, 9.17) is 11.6 Å². The molecular formula is C14H22ClN3O2. The minimum absolute atomic E-state index is 0.0289. The minimum Gasteiger partial charge on any atom is -0.394 e. The van der Waals surface area contributed by atoms with Crippen LogP contribution in [0, 0.1) is 11.8 Å². The predicted octanol–water partition coefficient (Wildman–Crippen LogP) is 2.13. The van der Waals surface area contributed by atoms with Gasteiger partial charge in [0, 0.05) is 12.6 Å². The largest absolute Gasteiger partial charge is 0.394 e. The molecule has 112 valence electrons. The molecule has 1 unspecified atom stereocenters. The predicted molar refractivity (Wildman–Crippen MR) is 80.2 cm³/mol. The number of hydrogen-bond acceptors (Lipinski definition) is 4. The maximum atomic E-state index is 12.4. The zero-order valence-electron chi connectivity index (χ0n) is 12.0. The molecule has 0 spiro atoms. The van der Waals surface area contributed by atoms with Gasteiger partial charge in [-0.3, -0.25) is 4.79 Å². The van der Waals surface area contributed by atoms with Gasteiger partial charge in [-0.2, -0.15) is 5.10 Å². The second kappa shape index (κ2) is 6.59. The number of anilines is 1. The van der Waals surface area contributed by atoms with E-state index in [0.29, 0.717) is 29.1 Å². The highest BCUT2D eigenvalue weighted by atomic mass is 35.5. The summed E-state index contributed by atoms with van der Waals surface area (Å²) in [5.74, 6) is 0.993. The lowest BCUT2D eigenvalue weighted by Gasteiger charge is -2.20. The third kappa shape index (κ3) is 3.96. The summed E-state index contributed by atoms with van der Waals surface area (Å²) < 4.78 is 1.47. The van der Waals surface area contributed by atoms with E-state index in [1.807, 2.05) is 0 Å². The van der Waals surface area contributed by atoms with E-state index >= 15 is 0 Å². The standard InChI is InChI=1S/C14H22ClN3O2/c1-9(2)5-11(8-19)17-13-12(15)6-16-18(14(13)20)7-10-3-4-10/h6,9-11,17,19H,3-5,7-8H2,1-2H3. The number of nitrogens with zero attached hydrogens (tertiary/aromatic N) is 2. The van der Waals surface area contributed by atoms with Crippen LogP contribution in [0.1, 0.15) is 33.1 Å². The van der Waals surface area contributed by atoms with E-state index in [1.165, 1.54) is 10.9 Å². The molecule has 6 heteroatoms. The summed E-state index contributed by atoms with van der Waals surface area (Å²) in [5.41, 5.74) is 0.147. The summed E-state index contributed by atoms with van der Waals surface area (Å²) in [7, 11) is 0. The third-order valence-corrected chi connectivity index (χ3v) is 3.74. The van der Waals surface area contributed by atoms with E-state index in [0.717, 1.165) is 19.3 Å². The summed E-state index contributed by atoms with van der Waals surface area (Å²) in [6.45, 7) is 4.77. The molecule has 0 saturated heterocycles. The molecule has 1 aromatic heterocycles. The Bertz CT molecular complexity index is 512. The molecule has 0 aliphatic heterocycles. The van der Waals surface area contributed by atoms with Crippen LogP contribution < -0.4 is 10.9 Å². The van der Waals surface area contributed by atoms with Gasteiger partial charge >= 0.3 is 0 Å². The minimum atomic E-state index is -0.202. The van der Waals surface area contributed by atoms with Gasteiger partial charge in [0.2, 0.25) is 0 Å². The van der Waals surface area contributed by atoms with E-state index in [1.54, 1.807) is 0 Å². The van der Waals surface area contributed by atoms with Gasteiger partial charge in [-0.1, -0.05) is 25.4 Å². The first-order valence-electron chi connectivity index (χ1n) is 7.14. The van der Waals surface area contributed by atoms with E-state index in [2.05, 4.69) is 24.3 Å². The number of aliphatic hydroxyl groups is 1. The van der Waals surface area contributed by atoms with Gasteiger partial charge in [0.15, 0.2) is 0 Å². The van der Waals surface area contributed by atoms with Gasteiger partial charge in [-0.25, -0.2) is 4.68 Å². The van der Waals surface area contributed by atoms with Crippen LogP contribution in [-0.4, -0.2) is 27.5 Å². The summed E-state index contributed by atoms with van der Waals surface area (Å²) >= 11 is 6.07. The van der Waals surface area contributed by atoms with Crippen molar-refractivity contribution in [1.29, 1.82) is 0 Å². The zero-order chi connectivity index (χ0) is 14.7. The topological polar surface area (TPSA) is 67.2 Å². The molecule has 20 heavy (non-hydrogen) atoms. The van der Waals surface area contributed by atoms with Gasteiger partial charge in [0.25, 0.3) is 5.56 Å². The Morgan fingerprint density at radius 3 is 2.80 bits per heavy atom. The lowest BCUT2D eigenvalue weighted by atomic mass is 10.0. The second-order valence-electron chi connectivity index (χ2n) is 5.95. The van der Waals surface area contributed by atoms with Crippen molar-refractivity contribution in [2.24, 2.45) is 11.8 Å². The van der Waals surface area contributed by atoms with E-state index < -0.39 is 0 Å². The van der Waals surface area contributed by atoms with Crippen LogP contribution in [0.3, 0.4) is 0 Å². The van der Waals surface area contributed by atoms with Crippen molar-refractivity contribution in [2.45, 2.75) is 45.7 Å². The fourth-order valence-corrected chi connectivity index (χ4v) is 2.41. The van der Waals surface area contributed by atoms with Crippen molar-refractivity contribution in [1.82, 2.24) is 9.78 Å². The summed E-state index contributed by atoms with van der Waals surface area (Å²) in [6, 6.07) is -0.169. The summed E-state index contributed by atoms with van der Waals surface area (Å²) in [4.78, 5) is 12.4. The molecule has 2 N–H and O–H groups in total. The molecule has 0 bridgehead atoms. The molecule has 1 heterocycles. The van der Waals surface area contributed by atoms with Crippen molar-refractivity contribution in [3.05, 3.63) is 21.6 Å². The number of halogens is 1. The molecule has 1 aliphatic rings. The van der Waals surface area contributed by atoms with Crippen molar-refractivity contribution in [3.63, 3.8) is 0 Å². The number of aromatic nitrogens is 2. The number of rotatable bonds is 7. The molecule has 0 amide bonds. The third-order valence-electron chi connectivity index (χ3n) is 3.45. The van der Waals surface area contributed by atoms with Crippen molar-refractivity contribution in [2.75, 3.05) is 11.9 Å². The lowest BCUT2D eigenvalue weighted by Crippen LogP contribution is -2.32. The normalized spacial score (nSPS) is 16.4. The number of nitrogens with one attached hydrogen (secondary N) is 1. The highest BCUT2D eigenvalue weighted by Crippen LogP contribution is 2.30. The van der Waals surface area contributed by atoms with Crippen LogP contribution in [0.5, 0.6) is 0 Å². The van der Waals surface area contributed by atoms with Crippen molar-refractivity contribution in [3.8, 4) is 0 Å². The quantitative estimate of drug-likeness (QED) is 0.809. The van der Waals surface area contributed by atoms with Crippen LogP contribution >= 0.6 is 11.6 Å². The van der Waals surface area contributed by atoms with Gasteiger partial charge < -0.3 is 10.4 Å². The fourth-order valence-electron chi connectivity index (χ4n) is 2.23. The van der Waals surface area contributed by atoms with Crippen LogP contribution in [0.4, 0.5) is 5.69 Å². The molecule has 0 aromatic carbocycles. The van der Waals surface area contributed by atoms with Gasteiger partial charge in [-0.05, 0) is 31.1 Å². The summed E-state index contributed by atoms with van der Waals surface area (Å²) in [6.07, 6.45) is 4.59. The second-order valence-corrected chi connectivity index (χ2v) is 6.36. The Morgan fingerprint density at radius 1 is 1.55 bits per heavy atom. The molecule has 0 radical (unpaired) electrons. The molecule has 1 saturated carbocycles. The first-order valence-corrected chi connectivity index (χ1v) is 7.52. The molecule has 1 aromatic rings. The molecule has 1 aliphatic carbocycles. The first kappa shape index (κ1) is 15.3. The SMILES string of the molecule is CC(C)CC(CO)Nc1c(Cl)cnn(CC2CC2)c1=O. The Kier molecular flexibility index (Phi) is 5.05. The van der Waals surface area contributed by atoms with Crippen molar-refractivity contribution < 1.29 is 5.11 Å². The Labute approximate surface area is 124 Å². The molecule has 1 atom stereocenters. The van der Waals surface area contributed by atoms with E-state index in [9.17, 15) is 9.90 Å². The Morgan fingerprint density at radius 2 is 2.25 bits per heavy atom. The van der Waals surface area contributed by atoms with Gasteiger partial charge in [0.1, 0.15) is 5.69 Å². The number of aliphatic hydroxyl groups excluding tert-OH is 1. The van der Waals surface area contributed by atoms with Crippen LogP contribution in [0.25, 0.3) is 0 Å². The lowest BCUT2D eigenvalue weighted by molar-refractivity contribution is 0.259. The van der Waals surface area contributed by atoms with Gasteiger partial charge in [-0.15, -0.1) is 0 Å². The smallest absolute Gasteiger partial charge is 0.291 e. The molecule has 2 rings (SSSR count). The maximum Gasteiger partial charge on any atom is 0.291 e. The van der Waals surface area contributed by atoms with Crippen LogP contribution in [0.15, 0.2) is 11.0 Å². The highest BCUT2D eigenvalue weighted by Gasteiger charge is 2.24. The average molecular weight is 300 g/mol. The van der Waals surface area contributed by atoms with Gasteiger partial charge in [0.05, 0.1) is 17.8 Å². The van der Waals surface area contributed by atoms with Crippen LogP contribution in [-0.2, 0) is 6.54 Å². The molecule has 1 fully saturated rings. The average Bonchev–Trinajstić information content (AvgIpc) is 3.20. The van der Waals surface area contributed by atoms with E-state index in [-0.39, 0.29) is 18.2 Å². The maximum absolute atomic E-state index is 12.4. The highest BCUT2D eigenvalue weighted by molar-refractivity contribution is 6.33. The van der Waals surface area contributed by atoms with Crippen LogP contribution in [0.2, 0.25) is 5.02 Å². The van der Waals surface area contributed by atoms with Crippen molar-refractivity contribution >= 4 is 17.3 Å². The zero-order valence-corrected chi connectivity index (χ0v) is 12.7. The molecule has 5 nitrogen and oxygen atoms in total. The summed E-state index contributed by atoms with van der Waals surface area (Å²) in [5, 5.41) is 16.9. The molecular weight excluding hydrogens is 278 g/mol. The fraction of sp³-hybridized carbons (Fsp3) is 0.714. The Hall–Kier alpha value is -1.07. The Balaban J connectivity index is 2.18. The first-order chi connectivity index (χ1) is 9.51. The number of hydrogen-bond donors (Lipinski definition) is 2. The monoisotopic (exact) mass is 299 g/mol.